The first-order valence-corrected chi connectivity index (χ1v) is 7.17. The van der Waals surface area contributed by atoms with Crippen LogP contribution >= 0.6 is 34.8 Å². The van der Waals surface area contributed by atoms with E-state index in [-0.39, 0.29) is 11.1 Å². The zero-order valence-corrected chi connectivity index (χ0v) is 13.2. The third-order valence-electron chi connectivity index (χ3n) is 2.99. The number of benzene rings is 2. The Kier molecular flexibility index (Phi) is 4.95. The molecule has 1 unspecified atom stereocenters. The van der Waals surface area contributed by atoms with E-state index in [0.29, 0.717) is 26.9 Å². The smallest absolute Gasteiger partial charge is 0.142 e. The lowest BCUT2D eigenvalue weighted by atomic mass is 10.1. The number of rotatable bonds is 3. The maximum Gasteiger partial charge on any atom is 0.142 e. The van der Waals surface area contributed by atoms with E-state index in [1.54, 1.807) is 25.1 Å². The summed E-state index contributed by atoms with van der Waals surface area (Å²) in [4.78, 5) is 0. The summed E-state index contributed by atoms with van der Waals surface area (Å²) in [7, 11) is 0. The molecule has 0 fully saturated rings. The summed E-state index contributed by atoms with van der Waals surface area (Å²) < 4.78 is 13.5. The van der Waals surface area contributed by atoms with Crippen LogP contribution in [0.5, 0.6) is 0 Å². The quantitative estimate of drug-likeness (QED) is 0.712. The summed E-state index contributed by atoms with van der Waals surface area (Å²) in [6.45, 7) is 1.80. The monoisotopic (exact) mass is 342 g/mol. The van der Waals surface area contributed by atoms with Gasteiger partial charge in [-0.25, -0.2) is 4.39 Å². The molecule has 2 aromatic rings. The van der Waals surface area contributed by atoms with Gasteiger partial charge in [-0.3, -0.25) is 0 Å². The molecule has 0 radical (unpaired) electrons. The zero-order chi connectivity index (χ0) is 15.6. The molecule has 0 bridgehead atoms. The molecule has 0 spiro atoms. The highest BCUT2D eigenvalue weighted by molar-refractivity contribution is 6.36. The van der Waals surface area contributed by atoms with Gasteiger partial charge in [0.15, 0.2) is 0 Å². The lowest BCUT2D eigenvalue weighted by Crippen LogP contribution is -2.08. The third kappa shape index (κ3) is 3.41. The summed E-state index contributed by atoms with van der Waals surface area (Å²) in [6, 6.07) is 9.27. The van der Waals surface area contributed by atoms with E-state index in [0.717, 1.165) is 0 Å². The van der Waals surface area contributed by atoms with E-state index < -0.39 is 5.82 Å². The van der Waals surface area contributed by atoms with Crippen molar-refractivity contribution in [3.63, 3.8) is 0 Å². The van der Waals surface area contributed by atoms with Gasteiger partial charge in [-0.2, -0.15) is 5.26 Å². The summed E-state index contributed by atoms with van der Waals surface area (Å²) in [5.41, 5.74) is 1.54. The fourth-order valence-corrected chi connectivity index (χ4v) is 2.88. The van der Waals surface area contributed by atoms with E-state index in [4.69, 9.17) is 40.1 Å². The zero-order valence-electron chi connectivity index (χ0n) is 10.9. The Morgan fingerprint density at radius 1 is 1.14 bits per heavy atom. The van der Waals surface area contributed by atoms with Crippen molar-refractivity contribution in [2.45, 2.75) is 13.0 Å². The van der Waals surface area contributed by atoms with Gasteiger partial charge in [-0.1, -0.05) is 34.8 Å². The molecule has 21 heavy (non-hydrogen) atoms. The Bertz CT molecular complexity index is 726. The maximum absolute atomic E-state index is 13.5. The fraction of sp³-hybridized carbons (Fsp3) is 0.133. The minimum Gasteiger partial charge on any atom is -0.378 e. The molecule has 108 valence electrons. The van der Waals surface area contributed by atoms with Gasteiger partial charge >= 0.3 is 0 Å². The summed E-state index contributed by atoms with van der Waals surface area (Å²) in [5.74, 6) is -0.525. The van der Waals surface area contributed by atoms with Crippen LogP contribution in [0.15, 0.2) is 30.3 Å². The number of nitrogens with zero attached hydrogens (tertiary/aromatic N) is 1. The highest BCUT2D eigenvalue weighted by Gasteiger charge is 2.17. The first-order valence-electron chi connectivity index (χ1n) is 6.03. The van der Waals surface area contributed by atoms with Crippen molar-refractivity contribution in [1.82, 2.24) is 0 Å². The Morgan fingerprint density at radius 3 is 2.48 bits per heavy atom. The summed E-state index contributed by atoms with van der Waals surface area (Å²) in [5, 5.41) is 12.7. The second-order valence-corrected chi connectivity index (χ2v) is 5.62. The van der Waals surface area contributed by atoms with Crippen molar-refractivity contribution < 1.29 is 4.39 Å². The van der Waals surface area contributed by atoms with E-state index in [1.807, 2.05) is 6.07 Å². The molecule has 0 saturated carbocycles. The van der Waals surface area contributed by atoms with Crippen LogP contribution < -0.4 is 5.32 Å². The van der Waals surface area contributed by atoms with Gasteiger partial charge in [0.25, 0.3) is 0 Å². The van der Waals surface area contributed by atoms with Crippen molar-refractivity contribution >= 4 is 40.5 Å². The van der Waals surface area contributed by atoms with Gasteiger partial charge in [0, 0.05) is 16.3 Å². The Hall–Kier alpha value is -1.47. The van der Waals surface area contributed by atoms with Gasteiger partial charge in [0.2, 0.25) is 0 Å². The predicted molar refractivity (Wildman–Crippen MR) is 84.6 cm³/mol. The average molecular weight is 344 g/mol. The number of hydrogen-bond donors (Lipinski definition) is 1. The molecule has 0 aliphatic rings. The van der Waals surface area contributed by atoms with Gasteiger partial charge in [-0.15, -0.1) is 0 Å². The van der Waals surface area contributed by atoms with Crippen LogP contribution in [0.3, 0.4) is 0 Å². The SMILES string of the molecule is CC(Nc1ccc(C#N)c(Cl)c1)c1c(Cl)ccc(F)c1Cl. The van der Waals surface area contributed by atoms with Crippen LogP contribution in [0.25, 0.3) is 0 Å². The minimum atomic E-state index is -0.525. The molecule has 1 N–H and O–H groups in total. The van der Waals surface area contributed by atoms with Crippen molar-refractivity contribution in [3.8, 4) is 6.07 Å². The van der Waals surface area contributed by atoms with Crippen LogP contribution in [0, 0.1) is 17.1 Å². The molecule has 0 amide bonds. The van der Waals surface area contributed by atoms with E-state index in [9.17, 15) is 4.39 Å². The molecule has 1 atom stereocenters. The van der Waals surface area contributed by atoms with Crippen molar-refractivity contribution in [1.29, 1.82) is 5.26 Å². The highest BCUT2D eigenvalue weighted by Crippen LogP contribution is 2.34. The molecular weight excluding hydrogens is 334 g/mol. The first-order chi connectivity index (χ1) is 9.93. The fourth-order valence-electron chi connectivity index (χ4n) is 1.96. The highest BCUT2D eigenvalue weighted by atomic mass is 35.5. The number of hydrogen-bond acceptors (Lipinski definition) is 2. The van der Waals surface area contributed by atoms with E-state index in [1.165, 1.54) is 12.1 Å². The first kappa shape index (κ1) is 15.9. The van der Waals surface area contributed by atoms with Gasteiger partial charge in [-0.05, 0) is 37.3 Å². The summed E-state index contributed by atoms with van der Waals surface area (Å²) in [6.07, 6.45) is 0. The Balaban J connectivity index is 2.31. The predicted octanol–water partition coefficient (Wildman–Crippen LogP) is 5.83. The van der Waals surface area contributed by atoms with E-state index >= 15 is 0 Å². The molecule has 0 aliphatic carbocycles. The van der Waals surface area contributed by atoms with Gasteiger partial charge in [0.1, 0.15) is 11.9 Å². The standard InChI is InChI=1S/C15H10Cl3FN2/c1-8(14-11(16)4-5-13(19)15(14)18)21-10-3-2-9(7-20)12(17)6-10/h2-6,8,21H,1H3. The van der Waals surface area contributed by atoms with Crippen LogP contribution in [-0.2, 0) is 0 Å². The number of halogens is 4. The van der Waals surface area contributed by atoms with Crippen LogP contribution in [0.1, 0.15) is 24.1 Å². The lowest BCUT2D eigenvalue weighted by molar-refractivity contribution is 0.624. The molecule has 0 saturated heterocycles. The normalized spacial score (nSPS) is 11.8. The Labute approximate surface area is 137 Å². The maximum atomic E-state index is 13.5. The molecule has 2 aromatic carbocycles. The second kappa shape index (κ2) is 6.53. The summed E-state index contributed by atoms with van der Waals surface area (Å²) >= 11 is 18.0. The average Bonchev–Trinajstić information content (AvgIpc) is 2.43. The van der Waals surface area contributed by atoms with Crippen LogP contribution in [-0.4, -0.2) is 0 Å². The molecule has 0 heterocycles. The second-order valence-electron chi connectivity index (χ2n) is 4.43. The lowest BCUT2D eigenvalue weighted by Gasteiger charge is -2.19. The van der Waals surface area contributed by atoms with Crippen LogP contribution in [0.4, 0.5) is 10.1 Å². The van der Waals surface area contributed by atoms with E-state index in [2.05, 4.69) is 5.32 Å². The number of anilines is 1. The van der Waals surface area contributed by atoms with Crippen molar-refractivity contribution in [3.05, 3.63) is 62.3 Å². The molecular formula is C15H10Cl3FN2. The number of nitrogens with one attached hydrogen (secondary N) is 1. The molecule has 2 nitrogen and oxygen atoms in total. The van der Waals surface area contributed by atoms with Crippen LogP contribution in [0.2, 0.25) is 15.1 Å². The Morgan fingerprint density at radius 2 is 1.86 bits per heavy atom. The molecule has 0 aliphatic heterocycles. The van der Waals surface area contributed by atoms with Crippen molar-refractivity contribution in [2.24, 2.45) is 0 Å². The van der Waals surface area contributed by atoms with Gasteiger partial charge in [0.05, 0.1) is 21.7 Å². The topological polar surface area (TPSA) is 35.8 Å². The molecule has 2 rings (SSSR count). The third-order valence-corrected chi connectivity index (χ3v) is 4.01. The number of nitriles is 1. The molecule has 0 aromatic heterocycles. The van der Waals surface area contributed by atoms with Crippen molar-refractivity contribution in [2.75, 3.05) is 5.32 Å². The van der Waals surface area contributed by atoms with Gasteiger partial charge < -0.3 is 5.32 Å². The largest absolute Gasteiger partial charge is 0.378 e. The minimum absolute atomic E-state index is 0.0118. The molecule has 6 heteroatoms.